The lowest BCUT2D eigenvalue weighted by Gasteiger charge is -1.98. The highest BCUT2D eigenvalue weighted by molar-refractivity contribution is 8.00. The van der Waals surface area contributed by atoms with Crippen molar-refractivity contribution >= 4 is 75.2 Å². The highest BCUT2D eigenvalue weighted by Crippen LogP contribution is 2.26. The second-order valence-corrected chi connectivity index (χ2v) is 8.86. The third-order valence-electron chi connectivity index (χ3n) is 2.94. The molecule has 0 bridgehead atoms. The topological polar surface area (TPSA) is 158 Å². The van der Waals surface area contributed by atoms with Gasteiger partial charge in [0.15, 0.2) is 14.3 Å². The summed E-state index contributed by atoms with van der Waals surface area (Å²) in [6, 6.07) is 0. The van der Waals surface area contributed by atoms with Crippen LogP contribution < -0.4 is 11.3 Å². The van der Waals surface area contributed by atoms with E-state index in [1.165, 1.54) is 52.5 Å². The number of amides is 1. The monoisotopic (exact) mass is 489 g/mol. The van der Waals surface area contributed by atoms with Crippen molar-refractivity contribution in [1.29, 1.82) is 0 Å². The van der Waals surface area contributed by atoms with Crippen molar-refractivity contribution in [3.63, 3.8) is 0 Å². The van der Waals surface area contributed by atoms with Crippen molar-refractivity contribution < 1.29 is 19.1 Å². The Labute approximate surface area is 188 Å². The van der Waals surface area contributed by atoms with Gasteiger partial charge in [0.25, 0.3) is 5.56 Å². The molecule has 14 heteroatoms. The van der Waals surface area contributed by atoms with Crippen LogP contribution in [0.25, 0.3) is 10.3 Å². The molecule has 0 radical (unpaired) electrons. The molecule has 3 heterocycles. The number of thiazole rings is 2. The molecule has 1 amide bonds. The van der Waals surface area contributed by atoms with Gasteiger partial charge in [-0.1, -0.05) is 23.5 Å². The van der Waals surface area contributed by atoms with Crippen LogP contribution in [0.5, 0.6) is 0 Å². The number of rotatable bonds is 6. The van der Waals surface area contributed by atoms with E-state index in [1.54, 1.807) is 6.92 Å². The second kappa shape index (κ2) is 13.8. The van der Waals surface area contributed by atoms with Crippen LogP contribution >= 0.6 is 46.2 Å². The summed E-state index contributed by atoms with van der Waals surface area (Å²) in [5.74, 6) is -0.396. The standard InChI is InChI=1S/C9H11NO3S2.C6H5N3OS2.CH3NO/c1-3-13-8(12)7-6(4-5-11)10-9(14-2)15-7;1-11-6-9-4-3(12-6)5(10)8-2-7-4;2-1-3/h5H,3-4H2,1-2H3;2H,1H3,(H,7,8,10);1H,(H2,2,3). The van der Waals surface area contributed by atoms with E-state index in [-0.39, 0.29) is 18.4 Å². The largest absolute Gasteiger partial charge is 0.462 e. The van der Waals surface area contributed by atoms with Gasteiger partial charge in [-0.15, -0.1) is 22.7 Å². The maximum atomic E-state index is 11.5. The summed E-state index contributed by atoms with van der Waals surface area (Å²) in [7, 11) is 0. The molecule has 3 rings (SSSR count). The minimum atomic E-state index is -0.396. The second-order valence-electron chi connectivity index (χ2n) is 4.76. The molecule has 3 aromatic heterocycles. The zero-order valence-corrected chi connectivity index (χ0v) is 19.5. The average molecular weight is 490 g/mol. The Bertz CT molecular complexity index is 1030. The SMILES string of the molecule is CCOC(=O)c1sc(SC)nc1CC=O.CSc1nc2nc[nH]c(=O)c2s1.NC=O. The smallest absolute Gasteiger partial charge is 0.350 e. The highest BCUT2D eigenvalue weighted by atomic mass is 32.2. The van der Waals surface area contributed by atoms with Crippen LogP contribution in [0.15, 0.2) is 19.8 Å². The number of H-pyrrole nitrogens is 1. The maximum absolute atomic E-state index is 11.5. The summed E-state index contributed by atoms with van der Waals surface area (Å²) >= 11 is 5.60. The summed E-state index contributed by atoms with van der Waals surface area (Å²) in [6.45, 7) is 2.07. The van der Waals surface area contributed by atoms with Crippen LogP contribution in [0, 0.1) is 0 Å². The number of aromatic amines is 1. The van der Waals surface area contributed by atoms with Crippen LogP contribution in [0.1, 0.15) is 22.3 Å². The Morgan fingerprint density at radius 1 is 1.23 bits per heavy atom. The van der Waals surface area contributed by atoms with Gasteiger partial charge >= 0.3 is 5.97 Å². The third-order valence-corrected chi connectivity index (χ3v) is 7.03. The zero-order valence-electron chi connectivity index (χ0n) is 16.2. The van der Waals surface area contributed by atoms with Crippen molar-refractivity contribution in [2.45, 2.75) is 22.0 Å². The van der Waals surface area contributed by atoms with Crippen molar-refractivity contribution in [2.75, 3.05) is 19.1 Å². The van der Waals surface area contributed by atoms with Gasteiger partial charge in [-0.25, -0.2) is 19.7 Å². The molecule has 0 aliphatic carbocycles. The number of nitrogens with one attached hydrogen (secondary N) is 1. The molecule has 0 saturated carbocycles. The molecule has 10 nitrogen and oxygen atoms in total. The molecule has 0 unspecified atom stereocenters. The number of nitrogens with two attached hydrogens (primary N) is 1. The fourth-order valence-electron chi connectivity index (χ4n) is 1.82. The normalized spacial score (nSPS) is 9.70. The molecule has 0 atom stereocenters. The van der Waals surface area contributed by atoms with E-state index in [1.807, 2.05) is 12.5 Å². The van der Waals surface area contributed by atoms with Gasteiger partial charge in [-0.3, -0.25) is 9.59 Å². The number of thioether (sulfide) groups is 2. The molecule has 30 heavy (non-hydrogen) atoms. The number of carbonyl (C=O) groups excluding carboxylic acids is 3. The molecule has 0 aliphatic rings. The van der Waals surface area contributed by atoms with E-state index < -0.39 is 5.97 Å². The van der Waals surface area contributed by atoms with Crippen molar-refractivity contribution in [1.82, 2.24) is 19.9 Å². The van der Waals surface area contributed by atoms with Gasteiger partial charge < -0.3 is 20.2 Å². The number of aldehydes is 1. The average Bonchev–Trinajstić information content (AvgIpc) is 3.34. The first kappa shape index (κ1) is 25.7. The molecular weight excluding hydrogens is 470 g/mol. The minimum Gasteiger partial charge on any atom is -0.462 e. The van der Waals surface area contributed by atoms with E-state index in [2.05, 4.69) is 25.7 Å². The molecule has 0 aliphatic heterocycles. The van der Waals surface area contributed by atoms with Crippen LogP contribution in [0.3, 0.4) is 0 Å². The molecular formula is C16H19N5O5S4. The number of fused-ring (bicyclic) bond motifs is 1. The fraction of sp³-hybridized carbons (Fsp3) is 0.312. The number of aromatic nitrogens is 4. The molecule has 3 aromatic rings. The lowest BCUT2D eigenvalue weighted by Crippen LogP contribution is -2.05. The number of esters is 1. The van der Waals surface area contributed by atoms with Crippen molar-refractivity contribution in [3.8, 4) is 0 Å². The van der Waals surface area contributed by atoms with E-state index in [0.717, 1.165) is 15.0 Å². The molecule has 0 aromatic carbocycles. The lowest BCUT2D eigenvalue weighted by molar-refractivity contribution is -0.107. The lowest BCUT2D eigenvalue weighted by atomic mass is 10.3. The third kappa shape index (κ3) is 7.51. The van der Waals surface area contributed by atoms with E-state index >= 15 is 0 Å². The first-order chi connectivity index (χ1) is 14.4. The summed E-state index contributed by atoms with van der Waals surface area (Å²) in [5.41, 5.74) is 5.10. The number of hydrogen-bond acceptors (Lipinski definition) is 12. The van der Waals surface area contributed by atoms with Gasteiger partial charge in [-0.05, 0) is 19.4 Å². The van der Waals surface area contributed by atoms with E-state index in [0.29, 0.717) is 27.5 Å². The molecule has 3 N–H and O–H groups in total. The summed E-state index contributed by atoms with van der Waals surface area (Å²) in [4.78, 5) is 56.9. The van der Waals surface area contributed by atoms with Gasteiger partial charge in [-0.2, -0.15) is 0 Å². The van der Waals surface area contributed by atoms with Crippen LogP contribution in [0.2, 0.25) is 0 Å². The molecule has 0 spiro atoms. The van der Waals surface area contributed by atoms with Crippen LogP contribution in [0.4, 0.5) is 0 Å². The number of nitrogens with zero attached hydrogens (tertiary/aromatic N) is 3. The zero-order chi connectivity index (χ0) is 22.5. The number of hydrogen-bond donors (Lipinski definition) is 2. The number of primary amides is 1. The minimum absolute atomic E-state index is 0.113. The first-order valence-electron chi connectivity index (χ1n) is 8.13. The number of ether oxygens (including phenoxy) is 1. The fourth-order valence-corrected chi connectivity index (χ4v) is 4.74. The van der Waals surface area contributed by atoms with Crippen molar-refractivity contribution in [3.05, 3.63) is 27.3 Å². The van der Waals surface area contributed by atoms with Crippen LogP contribution in [-0.4, -0.2) is 57.7 Å². The molecule has 0 saturated heterocycles. The van der Waals surface area contributed by atoms with Gasteiger partial charge in [0.2, 0.25) is 6.41 Å². The summed E-state index contributed by atoms with van der Waals surface area (Å²) in [5, 5.41) is 0. The maximum Gasteiger partial charge on any atom is 0.350 e. The van der Waals surface area contributed by atoms with Gasteiger partial charge in [0, 0.05) is 6.42 Å². The predicted octanol–water partition coefficient (Wildman–Crippen LogP) is 1.99. The summed E-state index contributed by atoms with van der Waals surface area (Å²) < 4.78 is 7.12. The Morgan fingerprint density at radius 3 is 2.40 bits per heavy atom. The molecule has 0 fully saturated rings. The Kier molecular flexibility index (Phi) is 11.9. The Morgan fingerprint density at radius 2 is 1.87 bits per heavy atom. The van der Waals surface area contributed by atoms with E-state index in [4.69, 9.17) is 9.53 Å². The Hall–Kier alpha value is -2.29. The first-order valence-corrected chi connectivity index (χ1v) is 12.2. The highest BCUT2D eigenvalue weighted by Gasteiger charge is 2.18. The Balaban J connectivity index is 0.000000269. The summed E-state index contributed by atoms with van der Waals surface area (Å²) in [6.07, 6.45) is 6.31. The van der Waals surface area contributed by atoms with Gasteiger partial charge in [0.1, 0.15) is 15.9 Å². The van der Waals surface area contributed by atoms with E-state index in [9.17, 15) is 14.4 Å². The quantitative estimate of drug-likeness (QED) is 0.298. The molecule has 162 valence electrons. The predicted molar refractivity (Wildman–Crippen MR) is 120 cm³/mol. The van der Waals surface area contributed by atoms with Gasteiger partial charge in [0.05, 0.1) is 18.6 Å². The number of carbonyl (C=O) groups is 3. The van der Waals surface area contributed by atoms with Crippen LogP contribution in [-0.2, 0) is 20.7 Å². The van der Waals surface area contributed by atoms with Crippen molar-refractivity contribution in [2.24, 2.45) is 5.73 Å².